The Morgan fingerprint density at radius 2 is 2.30 bits per heavy atom. The molecule has 0 aliphatic carbocycles. The lowest BCUT2D eigenvalue weighted by Gasteiger charge is -2.30. The van der Waals surface area contributed by atoms with Crippen molar-refractivity contribution in [2.45, 2.75) is 39.2 Å². The maximum Gasteiger partial charge on any atom is 0.246 e. The van der Waals surface area contributed by atoms with Gasteiger partial charge in [0.15, 0.2) is 5.82 Å². The van der Waals surface area contributed by atoms with Crippen molar-refractivity contribution >= 4 is 11.4 Å². The zero-order chi connectivity index (χ0) is 13.9. The lowest BCUT2D eigenvalue weighted by molar-refractivity contribution is 0.369. The standard InChI is InChI=1S/C15H20N4O/c1-2-5-14-17-15(20-18-14)10-19-9-4-6-11-12(16)7-3-8-13(11)19/h3,7-8H,2,4-6,9-10,16H2,1H3. The van der Waals surface area contributed by atoms with Gasteiger partial charge in [-0.05, 0) is 37.0 Å². The largest absolute Gasteiger partial charge is 0.398 e. The van der Waals surface area contributed by atoms with Gasteiger partial charge in [0.1, 0.15) is 0 Å². The molecule has 2 aromatic rings. The Kier molecular flexibility index (Phi) is 3.58. The van der Waals surface area contributed by atoms with Crippen LogP contribution < -0.4 is 10.6 Å². The molecule has 2 heterocycles. The highest BCUT2D eigenvalue weighted by Crippen LogP contribution is 2.31. The van der Waals surface area contributed by atoms with E-state index in [1.807, 2.05) is 12.1 Å². The zero-order valence-corrected chi connectivity index (χ0v) is 11.8. The van der Waals surface area contributed by atoms with Crippen molar-refractivity contribution in [3.05, 3.63) is 35.5 Å². The highest BCUT2D eigenvalue weighted by atomic mass is 16.5. The first kappa shape index (κ1) is 13.0. The molecule has 0 spiro atoms. The monoisotopic (exact) mass is 272 g/mol. The van der Waals surface area contributed by atoms with E-state index in [1.54, 1.807) is 0 Å². The molecule has 0 atom stereocenters. The number of aromatic nitrogens is 2. The van der Waals surface area contributed by atoms with Crippen LogP contribution in [-0.4, -0.2) is 16.7 Å². The Morgan fingerprint density at radius 3 is 3.15 bits per heavy atom. The number of anilines is 2. The lowest BCUT2D eigenvalue weighted by Crippen LogP contribution is -2.29. The predicted octanol–water partition coefficient (Wildman–Crippen LogP) is 2.56. The quantitative estimate of drug-likeness (QED) is 0.866. The van der Waals surface area contributed by atoms with Crippen LogP contribution in [0.15, 0.2) is 22.7 Å². The summed E-state index contributed by atoms with van der Waals surface area (Å²) in [4.78, 5) is 6.71. The van der Waals surface area contributed by atoms with E-state index in [4.69, 9.17) is 10.3 Å². The summed E-state index contributed by atoms with van der Waals surface area (Å²) < 4.78 is 5.33. The molecule has 0 amide bonds. The van der Waals surface area contributed by atoms with E-state index in [9.17, 15) is 0 Å². The molecule has 0 saturated carbocycles. The maximum absolute atomic E-state index is 6.06. The molecule has 3 rings (SSSR count). The molecular weight excluding hydrogens is 252 g/mol. The summed E-state index contributed by atoms with van der Waals surface area (Å²) in [5.74, 6) is 1.48. The second-order valence-corrected chi connectivity index (χ2v) is 5.22. The van der Waals surface area contributed by atoms with Crippen LogP contribution in [0.2, 0.25) is 0 Å². The lowest BCUT2D eigenvalue weighted by atomic mass is 10.00. The van der Waals surface area contributed by atoms with E-state index >= 15 is 0 Å². The average Bonchev–Trinajstić information content (AvgIpc) is 2.88. The molecule has 0 fully saturated rings. The third-order valence-corrected chi connectivity index (χ3v) is 3.69. The van der Waals surface area contributed by atoms with Crippen LogP contribution in [0.5, 0.6) is 0 Å². The van der Waals surface area contributed by atoms with Gasteiger partial charge < -0.3 is 15.2 Å². The van der Waals surface area contributed by atoms with Crippen LogP contribution in [0.4, 0.5) is 11.4 Å². The Morgan fingerprint density at radius 1 is 1.40 bits per heavy atom. The smallest absolute Gasteiger partial charge is 0.246 e. The van der Waals surface area contributed by atoms with Gasteiger partial charge in [-0.3, -0.25) is 0 Å². The van der Waals surface area contributed by atoms with Crippen molar-refractivity contribution in [3.63, 3.8) is 0 Å². The van der Waals surface area contributed by atoms with E-state index in [1.165, 1.54) is 11.3 Å². The number of hydrogen-bond donors (Lipinski definition) is 1. The van der Waals surface area contributed by atoms with Gasteiger partial charge in [-0.25, -0.2) is 0 Å². The molecule has 20 heavy (non-hydrogen) atoms. The molecule has 1 aliphatic heterocycles. The molecule has 0 bridgehead atoms. The van der Waals surface area contributed by atoms with Gasteiger partial charge in [0, 0.05) is 24.3 Å². The Hall–Kier alpha value is -2.04. The Labute approximate surface area is 118 Å². The van der Waals surface area contributed by atoms with Gasteiger partial charge in [-0.15, -0.1) is 0 Å². The fraction of sp³-hybridized carbons (Fsp3) is 0.467. The van der Waals surface area contributed by atoms with Crippen LogP contribution in [-0.2, 0) is 19.4 Å². The molecule has 5 nitrogen and oxygen atoms in total. The number of aryl methyl sites for hydroxylation is 1. The zero-order valence-electron chi connectivity index (χ0n) is 11.8. The number of benzene rings is 1. The minimum atomic E-state index is 0.660. The van der Waals surface area contributed by atoms with Gasteiger partial charge in [0.25, 0.3) is 0 Å². The third-order valence-electron chi connectivity index (χ3n) is 3.69. The van der Waals surface area contributed by atoms with Crippen molar-refractivity contribution < 1.29 is 4.52 Å². The Bertz CT molecular complexity index is 593. The summed E-state index contributed by atoms with van der Waals surface area (Å²) in [6.45, 7) is 3.77. The van der Waals surface area contributed by atoms with E-state index in [2.05, 4.69) is 28.0 Å². The van der Waals surface area contributed by atoms with Crippen LogP contribution in [0, 0.1) is 0 Å². The summed E-state index contributed by atoms with van der Waals surface area (Å²) >= 11 is 0. The minimum Gasteiger partial charge on any atom is -0.398 e. The van der Waals surface area contributed by atoms with Gasteiger partial charge in [-0.1, -0.05) is 18.1 Å². The normalized spacial score (nSPS) is 14.3. The number of rotatable bonds is 4. The molecule has 106 valence electrons. The van der Waals surface area contributed by atoms with Gasteiger partial charge >= 0.3 is 0 Å². The molecular formula is C15H20N4O. The first-order valence-corrected chi connectivity index (χ1v) is 7.21. The summed E-state index contributed by atoms with van der Waals surface area (Å²) in [7, 11) is 0. The molecule has 0 unspecified atom stereocenters. The van der Waals surface area contributed by atoms with Gasteiger partial charge in [0.05, 0.1) is 6.54 Å². The number of nitrogens with two attached hydrogens (primary N) is 1. The summed E-state index contributed by atoms with van der Waals surface area (Å²) in [6, 6.07) is 6.09. The molecule has 0 saturated heterocycles. The molecule has 2 N–H and O–H groups in total. The van der Waals surface area contributed by atoms with Crippen molar-refractivity contribution in [1.82, 2.24) is 10.1 Å². The second-order valence-electron chi connectivity index (χ2n) is 5.22. The summed E-state index contributed by atoms with van der Waals surface area (Å²) in [5.41, 5.74) is 9.38. The van der Waals surface area contributed by atoms with E-state index < -0.39 is 0 Å². The van der Waals surface area contributed by atoms with E-state index in [0.29, 0.717) is 12.4 Å². The Balaban J connectivity index is 1.80. The summed E-state index contributed by atoms with van der Waals surface area (Å²) in [5, 5.41) is 4.01. The van der Waals surface area contributed by atoms with Crippen molar-refractivity contribution in [3.8, 4) is 0 Å². The second kappa shape index (κ2) is 5.53. The van der Waals surface area contributed by atoms with Gasteiger partial charge in [-0.2, -0.15) is 4.98 Å². The fourth-order valence-corrected chi connectivity index (χ4v) is 2.73. The third kappa shape index (κ3) is 2.48. The number of hydrogen-bond acceptors (Lipinski definition) is 5. The number of fused-ring (bicyclic) bond motifs is 1. The highest BCUT2D eigenvalue weighted by molar-refractivity contribution is 5.66. The van der Waals surface area contributed by atoms with Crippen LogP contribution in [0.3, 0.4) is 0 Å². The SMILES string of the molecule is CCCc1noc(CN2CCCc3c(N)cccc32)n1. The predicted molar refractivity (Wildman–Crippen MR) is 78.5 cm³/mol. The maximum atomic E-state index is 6.06. The van der Waals surface area contributed by atoms with E-state index in [0.717, 1.165) is 43.7 Å². The van der Waals surface area contributed by atoms with E-state index in [-0.39, 0.29) is 0 Å². The number of nitrogens with zero attached hydrogens (tertiary/aromatic N) is 3. The molecule has 5 heteroatoms. The fourth-order valence-electron chi connectivity index (χ4n) is 2.73. The average molecular weight is 272 g/mol. The minimum absolute atomic E-state index is 0.660. The number of nitrogen functional groups attached to an aromatic ring is 1. The highest BCUT2D eigenvalue weighted by Gasteiger charge is 2.20. The van der Waals surface area contributed by atoms with Crippen molar-refractivity contribution in [1.29, 1.82) is 0 Å². The molecule has 0 radical (unpaired) electrons. The van der Waals surface area contributed by atoms with Gasteiger partial charge in [0.2, 0.25) is 5.89 Å². The van der Waals surface area contributed by atoms with Crippen LogP contribution in [0.1, 0.15) is 37.0 Å². The first-order valence-electron chi connectivity index (χ1n) is 7.21. The van der Waals surface area contributed by atoms with Crippen LogP contribution in [0.25, 0.3) is 0 Å². The van der Waals surface area contributed by atoms with Crippen LogP contribution >= 0.6 is 0 Å². The first-order chi connectivity index (χ1) is 9.78. The van der Waals surface area contributed by atoms with Crippen molar-refractivity contribution in [2.24, 2.45) is 0 Å². The molecule has 1 aromatic heterocycles. The molecule has 1 aliphatic rings. The topological polar surface area (TPSA) is 68.2 Å². The molecule has 1 aromatic carbocycles. The van der Waals surface area contributed by atoms with Crippen molar-refractivity contribution in [2.75, 3.05) is 17.2 Å². The summed E-state index contributed by atoms with van der Waals surface area (Å²) in [6.07, 6.45) is 4.05.